The summed E-state index contributed by atoms with van der Waals surface area (Å²) in [6.07, 6.45) is 3.37. The van der Waals surface area contributed by atoms with Crippen molar-refractivity contribution in [2.24, 2.45) is 5.41 Å². The Morgan fingerprint density at radius 2 is 2.00 bits per heavy atom. The lowest BCUT2D eigenvalue weighted by molar-refractivity contribution is -0.131. The first-order chi connectivity index (χ1) is 8.14. The van der Waals surface area contributed by atoms with E-state index < -0.39 is 5.41 Å². The number of hydrogen-bond acceptors (Lipinski definition) is 3. The van der Waals surface area contributed by atoms with Gasteiger partial charge in [0.15, 0.2) is 0 Å². The van der Waals surface area contributed by atoms with Gasteiger partial charge in [0.05, 0.1) is 6.07 Å². The van der Waals surface area contributed by atoms with Crippen molar-refractivity contribution in [3.63, 3.8) is 0 Å². The third-order valence-corrected chi connectivity index (χ3v) is 3.07. The normalized spacial score (nSPS) is 16.5. The van der Waals surface area contributed by atoms with Crippen LogP contribution >= 0.6 is 0 Å². The molecule has 2 N–H and O–H groups in total. The fourth-order valence-corrected chi connectivity index (χ4v) is 1.73. The quantitative estimate of drug-likeness (QED) is 0.714. The lowest BCUT2D eigenvalue weighted by Gasteiger charge is -2.33. The summed E-state index contributed by atoms with van der Waals surface area (Å²) in [7, 11) is 0. The van der Waals surface area contributed by atoms with Crippen LogP contribution in [0.3, 0.4) is 0 Å². The van der Waals surface area contributed by atoms with Crippen LogP contribution in [0.2, 0.25) is 0 Å². The Balaban J connectivity index is 2.21. The number of rotatable bonds is 6. The first kappa shape index (κ1) is 13.5. The van der Waals surface area contributed by atoms with Crippen LogP contribution in [0.25, 0.3) is 0 Å². The minimum atomic E-state index is -0.820. The number of carbonyl (C=O) groups excluding carboxylic acids is 2. The van der Waals surface area contributed by atoms with Gasteiger partial charge in [0.1, 0.15) is 5.41 Å². The van der Waals surface area contributed by atoms with Gasteiger partial charge in [-0.3, -0.25) is 9.59 Å². The fourth-order valence-electron chi connectivity index (χ4n) is 1.73. The summed E-state index contributed by atoms with van der Waals surface area (Å²) in [6.45, 7) is 2.95. The molecule has 0 aromatic heterocycles. The van der Waals surface area contributed by atoms with E-state index in [4.69, 9.17) is 5.26 Å². The molecule has 0 atom stereocenters. The molecule has 0 aromatic rings. The smallest absolute Gasteiger partial charge is 0.240 e. The first-order valence-corrected chi connectivity index (χ1v) is 6.11. The minimum absolute atomic E-state index is 0.0632. The summed E-state index contributed by atoms with van der Waals surface area (Å²) in [5.41, 5.74) is -0.820. The van der Waals surface area contributed by atoms with Crippen LogP contribution in [-0.2, 0) is 9.59 Å². The molecule has 1 fully saturated rings. The van der Waals surface area contributed by atoms with Crippen LogP contribution in [0, 0.1) is 16.7 Å². The predicted molar refractivity (Wildman–Crippen MR) is 62.8 cm³/mol. The Kier molecular flexibility index (Phi) is 4.95. The molecule has 0 saturated heterocycles. The molecule has 1 rings (SSSR count). The third kappa shape index (κ3) is 3.45. The van der Waals surface area contributed by atoms with Gasteiger partial charge in [-0.25, -0.2) is 0 Å². The fraction of sp³-hybridized carbons (Fsp3) is 0.750. The second-order valence-electron chi connectivity index (χ2n) is 4.40. The molecule has 0 aliphatic heterocycles. The minimum Gasteiger partial charge on any atom is -0.356 e. The molecular weight excluding hydrogens is 218 g/mol. The summed E-state index contributed by atoms with van der Waals surface area (Å²) in [5.74, 6) is -0.290. The number of hydrogen-bond donors (Lipinski definition) is 2. The largest absolute Gasteiger partial charge is 0.356 e. The maximum absolute atomic E-state index is 11.7. The third-order valence-electron chi connectivity index (χ3n) is 3.07. The molecule has 5 nitrogen and oxygen atoms in total. The zero-order chi connectivity index (χ0) is 12.7. The summed E-state index contributed by atoms with van der Waals surface area (Å²) in [4.78, 5) is 23.0. The van der Waals surface area contributed by atoms with Crippen LogP contribution in [0.1, 0.15) is 39.0 Å². The van der Waals surface area contributed by atoms with Gasteiger partial charge in [0.25, 0.3) is 0 Å². The number of amides is 2. The molecule has 94 valence electrons. The van der Waals surface area contributed by atoms with E-state index in [2.05, 4.69) is 16.7 Å². The van der Waals surface area contributed by atoms with Gasteiger partial charge in [-0.1, -0.05) is 6.92 Å². The van der Waals surface area contributed by atoms with Crippen molar-refractivity contribution in [1.29, 1.82) is 5.26 Å². The summed E-state index contributed by atoms with van der Waals surface area (Å²) < 4.78 is 0. The zero-order valence-electron chi connectivity index (χ0n) is 10.2. The van der Waals surface area contributed by atoms with Gasteiger partial charge in [0.2, 0.25) is 11.8 Å². The number of nitriles is 1. The van der Waals surface area contributed by atoms with Crippen LogP contribution in [0.4, 0.5) is 0 Å². The molecular formula is C12H19N3O2. The zero-order valence-corrected chi connectivity index (χ0v) is 10.2. The summed E-state index contributed by atoms with van der Waals surface area (Å²) >= 11 is 0. The Hall–Kier alpha value is -1.57. The van der Waals surface area contributed by atoms with Crippen molar-refractivity contribution in [2.75, 3.05) is 13.1 Å². The molecule has 1 saturated carbocycles. The number of nitrogens with one attached hydrogen (secondary N) is 2. The van der Waals surface area contributed by atoms with Crippen LogP contribution in [0.5, 0.6) is 0 Å². The van der Waals surface area contributed by atoms with E-state index in [1.807, 2.05) is 6.92 Å². The van der Waals surface area contributed by atoms with Crippen molar-refractivity contribution in [3.05, 3.63) is 0 Å². The maximum atomic E-state index is 11.7. The Bertz CT molecular complexity index is 329. The van der Waals surface area contributed by atoms with Crippen molar-refractivity contribution in [2.45, 2.75) is 39.0 Å². The van der Waals surface area contributed by atoms with E-state index in [9.17, 15) is 9.59 Å². The van der Waals surface area contributed by atoms with Gasteiger partial charge in [0, 0.05) is 19.5 Å². The van der Waals surface area contributed by atoms with Crippen LogP contribution in [0.15, 0.2) is 0 Å². The first-order valence-electron chi connectivity index (χ1n) is 6.11. The van der Waals surface area contributed by atoms with Gasteiger partial charge in [-0.2, -0.15) is 5.26 Å². The average molecular weight is 237 g/mol. The highest BCUT2D eigenvalue weighted by atomic mass is 16.2. The highest BCUT2D eigenvalue weighted by Crippen LogP contribution is 2.40. The molecule has 0 heterocycles. The van der Waals surface area contributed by atoms with Gasteiger partial charge in [-0.05, 0) is 25.7 Å². The topological polar surface area (TPSA) is 82.0 Å². The van der Waals surface area contributed by atoms with Crippen LogP contribution in [-0.4, -0.2) is 24.9 Å². The van der Waals surface area contributed by atoms with Crippen molar-refractivity contribution in [3.8, 4) is 6.07 Å². The van der Waals surface area contributed by atoms with Crippen molar-refractivity contribution < 1.29 is 9.59 Å². The molecule has 0 bridgehead atoms. The van der Waals surface area contributed by atoms with E-state index in [0.717, 1.165) is 12.8 Å². The van der Waals surface area contributed by atoms with Gasteiger partial charge < -0.3 is 10.6 Å². The number of carbonyl (C=O) groups is 2. The highest BCUT2D eigenvalue weighted by Gasteiger charge is 2.44. The molecule has 0 radical (unpaired) electrons. The molecule has 1 aliphatic carbocycles. The maximum Gasteiger partial charge on any atom is 0.240 e. The molecule has 0 aromatic carbocycles. The lowest BCUT2D eigenvalue weighted by atomic mass is 9.69. The average Bonchev–Trinajstić information content (AvgIpc) is 2.25. The van der Waals surface area contributed by atoms with E-state index >= 15 is 0 Å². The Labute approximate surface area is 102 Å². The summed E-state index contributed by atoms with van der Waals surface area (Å²) in [5, 5.41) is 14.3. The standard InChI is InChI=1S/C12H19N3O2/c1-2-7-14-10(16)4-8-15-11(17)12(9-13)5-3-6-12/h2-8H2,1H3,(H,14,16)(H,15,17). The molecule has 2 amide bonds. The van der Waals surface area contributed by atoms with Crippen molar-refractivity contribution in [1.82, 2.24) is 10.6 Å². The second kappa shape index (κ2) is 6.24. The molecule has 0 spiro atoms. The van der Waals surface area contributed by atoms with Gasteiger partial charge >= 0.3 is 0 Å². The highest BCUT2D eigenvalue weighted by molar-refractivity contribution is 5.86. The van der Waals surface area contributed by atoms with E-state index in [1.165, 1.54) is 0 Å². The molecule has 5 heteroatoms. The molecule has 0 unspecified atom stereocenters. The van der Waals surface area contributed by atoms with E-state index in [-0.39, 0.29) is 18.2 Å². The van der Waals surface area contributed by atoms with Gasteiger partial charge in [-0.15, -0.1) is 0 Å². The number of nitrogens with zero attached hydrogens (tertiary/aromatic N) is 1. The Morgan fingerprint density at radius 1 is 1.29 bits per heavy atom. The SMILES string of the molecule is CCCNC(=O)CCNC(=O)C1(C#N)CCC1. The van der Waals surface area contributed by atoms with E-state index in [0.29, 0.717) is 25.9 Å². The van der Waals surface area contributed by atoms with E-state index in [1.54, 1.807) is 0 Å². The lowest BCUT2D eigenvalue weighted by Crippen LogP contribution is -2.45. The second-order valence-corrected chi connectivity index (χ2v) is 4.40. The molecule has 1 aliphatic rings. The predicted octanol–water partition coefficient (Wildman–Crippen LogP) is 0.713. The van der Waals surface area contributed by atoms with Crippen LogP contribution < -0.4 is 10.6 Å². The molecule has 17 heavy (non-hydrogen) atoms. The monoisotopic (exact) mass is 237 g/mol. The Morgan fingerprint density at radius 3 is 2.47 bits per heavy atom. The van der Waals surface area contributed by atoms with Crippen molar-refractivity contribution >= 4 is 11.8 Å². The summed E-state index contributed by atoms with van der Waals surface area (Å²) in [6, 6.07) is 2.07.